The minimum absolute atomic E-state index is 0.413. The average molecular weight is 863 g/mol. The molecule has 2 unspecified atom stereocenters. The second kappa shape index (κ2) is 47.8. The highest BCUT2D eigenvalue weighted by atomic mass is 31.2. The summed E-state index contributed by atoms with van der Waals surface area (Å²) in [6.45, 7) is 12.4. The first-order valence-corrected chi connectivity index (χ1v) is 27.8. The Balaban J connectivity index is 2.36. The van der Waals surface area contributed by atoms with Crippen molar-refractivity contribution in [1.82, 2.24) is 0 Å². The van der Waals surface area contributed by atoms with E-state index in [0.29, 0.717) is 25.4 Å². The van der Waals surface area contributed by atoms with Gasteiger partial charge in [0.1, 0.15) is 5.75 Å². The fraction of sp³-hybridized carbons (Fsp3) is 0.889. The lowest BCUT2D eigenvalue weighted by Gasteiger charge is -2.19. The third-order valence-corrected chi connectivity index (χ3v) is 13.3. The van der Waals surface area contributed by atoms with Crippen LogP contribution in [0.15, 0.2) is 30.3 Å². The number of hydrogen-bond acceptors (Lipinski definition) is 5. The molecule has 0 heterocycles. The molecule has 0 N–H and O–H groups in total. The number of ether oxygens (including phenoxy) is 2. The Kier molecular flexibility index (Phi) is 45.6. The van der Waals surface area contributed by atoms with Gasteiger partial charge in [0, 0.05) is 13.2 Å². The Morgan fingerprint density at radius 3 is 0.967 bits per heavy atom. The number of para-hydroxylation sites is 1. The van der Waals surface area contributed by atoms with Gasteiger partial charge in [0.25, 0.3) is 0 Å². The summed E-state index contributed by atoms with van der Waals surface area (Å²) in [5.41, 5.74) is 0. The van der Waals surface area contributed by atoms with E-state index in [-0.39, 0.29) is 0 Å². The highest BCUT2D eigenvalue weighted by Crippen LogP contribution is 2.41. The zero-order valence-corrected chi connectivity index (χ0v) is 41.6. The highest BCUT2D eigenvalue weighted by Gasteiger charge is 2.16. The smallest absolute Gasteiger partial charge is 0.397 e. The van der Waals surface area contributed by atoms with Crippen molar-refractivity contribution >= 4 is 8.60 Å². The Morgan fingerprint density at radius 1 is 0.333 bits per heavy atom. The van der Waals surface area contributed by atoms with Crippen LogP contribution in [0, 0.1) is 0 Å². The van der Waals surface area contributed by atoms with Crippen LogP contribution in [0.4, 0.5) is 0 Å². The van der Waals surface area contributed by atoms with Crippen molar-refractivity contribution < 1.29 is 23.0 Å². The van der Waals surface area contributed by atoms with Crippen LogP contribution < -0.4 is 4.52 Å². The van der Waals surface area contributed by atoms with Crippen molar-refractivity contribution in [2.24, 2.45) is 0 Å². The fourth-order valence-corrected chi connectivity index (χ4v) is 9.17. The summed E-state index contributed by atoms with van der Waals surface area (Å²) in [6, 6.07) is 10.0. The lowest BCUT2D eigenvalue weighted by atomic mass is 10.0. The molecule has 60 heavy (non-hydrogen) atoms. The molecule has 5 nitrogen and oxygen atoms in total. The molecular weight excluding hydrogens is 760 g/mol. The summed E-state index contributed by atoms with van der Waals surface area (Å²) in [5.74, 6) is 0.819. The minimum Gasteiger partial charge on any atom is -0.427 e. The van der Waals surface area contributed by atoms with Crippen LogP contribution in [-0.2, 0) is 18.5 Å². The van der Waals surface area contributed by atoms with E-state index in [9.17, 15) is 0 Å². The van der Waals surface area contributed by atoms with Gasteiger partial charge in [-0.25, -0.2) is 0 Å². The summed E-state index contributed by atoms with van der Waals surface area (Å²) in [7, 11) is -1.42. The lowest BCUT2D eigenvalue weighted by Crippen LogP contribution is -2.14. The van der Waals surface area contributed by atoms with Gasteiger partial charge >= 0.3 is 8.60 Å². The quantitative estimate of drug-likeness (QED) is 0.0482. The molecule has 0 aromatic heterocycles. The molecule has 0 aliphatic heterocycles. The third kappa shape index (κ3) is 40.1. The van der Waals surface area contributed by atoms with E-state index in [1.165, 1.54) is 218 Å². The zero-order chi connectivity index (χ0) is 43.1. The summed E-state index contributed by atoms with van der Waals surface area (Å²) in [4.78, 5) is 0. The van der Waals surface area contributed by atoms with Crippen LogP contribution in [0.1, 0.15) is 272 Å². The normalized spacial score (nSPS) is 13.2. The number of rotatable bonds is 50. The fourth-order valence-electron chi connectivity index (χ4n) is 8.14. The van der Waals surface area contributed by atoms with Crippen LogP contribution >= 0.6 is 8.60 Å². The summed E-state index contributed by atoms with van der Waals surface area (Å²) < 4.78 is 31.7. The molecule has 1 aromatic rings. The zero-order valence-electron chi connectivity index (χ0n) is 40.7. The monoisotopic (exact) mass is 863 g/mol. The van der Waals surface area contributed by atoms with Crippen molar-refractivity contribution in [2.75, 3.05) is 26.4 Å². The highest BCUT2D eigenvalue weighted by molar-refractivity contribution is 7.42. The molecule has 0 saturated carbocycles. The number of hydrogen-bond donors (Lipinski definition) is 0. The molecule has 0 spiro atoms. The van der Waals surface area contributed by atoms with E-state index in [1.807, 2.05) is 30.3 Å². The third-order valence-electron chi connectivity index (χ3n) is 12.1. The summed E-state index contributed by atoms with van der Waals surface area (Å²) in [5, 5.41) is 0. The van der Waals surface area contributed by atoms with Crippen LogP contribution in [-0.4, -0.2) is 38.6 Å². The van der Waals surface area contributed by atoms with Gasteiger partial charge in [-0.15, -0.1) is 0 Å². The van der Waals surface area contributed by atoms with Crippen molar-refractivity contribution in [3.8, 4) is 5.75 Å². The van der Waals surface area contributed by atoms with Gasteiger partial charge in [-0.05, 0) is 63.5 Å². The lowest BCUT2D eigenvalue weighted by molar-refractivity contribution is 0.0355. The molecule has 0 amide bonds. The van der Waals surface area contributed by atoms with Gasteiger partial charge < -0.3 is 23.0 Å². The summed E-state index contributed by atoms with van der Waals surface area (Å²) in [6.07, 6.45) is 50.3. The van der Waals surface area contributed by atoms with Crippen molar-refractivity contribution in [1.29, 1.82) is 0 Å². The molecule has 354 valence electrons. The Bertz CT molecular complexity index is 880. The van der Waals surface area contributed by atoms with Crippen LogP contribution in [0.2, 0.25) is 0 Å². The number of benzene rings is 1. The summed E-state index contributed by atoms with van der Waals surface area (Å²) >= 11 is 0. The standard InChI is InChI=1S/C54H103O5P/c1-5-9-13-17-19-21-23-25-27-38-48-55-52(42-32-15-11-7-3)44-36-30-40-50-57-60(59-54-46-34-29-35-47-54)58-51-41-31-37-45-53(43-33-16-12-8-4)56-49-39-28-26-24-22-20-18-14-10-6-2/h29,34-35,46-47,52-53H,5-28,30-33,36-45,48-51H2,1-4H3. The van der Waals surface area contributed by atoms with Crippen LogP contribution in [0.3, 0.4) is 0 Å². The van der Waals surface area contributed by atoms with E-state index in [4.69, 9.17) is 23.0 Å². The van der Waals surface area contributed by atoms with E-state index in [1.54, 1.807) is 0 Å². The molecule has 0 radical (unpaired) electrons. The van der Waals surface area contributed by atoms with Gasteiger partial charge in [-0.2, -0.15) is 0 Å². The Morgan fingerprint density at radius 2 is 0.617 bits per heavy atom. The molecule has 2 atom stereocenters. The van der Waals surface area contributed by atoms with Crippen LogP contribution in [0.5, 0.6) is 5.75 Å². The van der Waals surface area contributed by atoms with E-state index in [2.05, 4.69) is 27.7 Å². The maximum atomic E-state index is 6.49. The Hall–Kier alpha value is -0.710. The first kappa shape index (κ1) is 57.3. The van der Waals surface area contributed by atoms with E-state index in [0.717, 1.165) is 44.6 Å². The minimum atomic E-state index is -1.42. The first-order chi connectivity index (χ1) is 29.7. The molecule has 0 bridgehead atoms. The van der Waals surface area contributed by atoms with Crippen molar-refractivity contribution in [2.45, 2.75) is 284 Å². The largest absolute Gasteiger partial charge is 0.427 e. The number of unbranched alkanes of at least 4 members (excludes halogenated alkanes) is 28. The van der Waals surface area contributed by atoms with Crippen molar-refractivity contribution in [3.63, 3.8) is 0 Å². The molecule has 1 aromatic carbocycles. The topological polar surface area (TPSA) is 46.2 Å². The molecule has 0 saturated heterocycles. The van der Waals surface area contributed by atoms with Gasteiger partial charge in [0.15, 0.2) is 0 Å². The van der Waals surface area contributed by atoms with E-state index < -0.39 is 8.60 Å². The molecule has 0 aliphatic rings. The second-order valence-corrected chi connectivity index (χ2v) is 19.2. The van der Waals surface area contributed by atoms with Crippen LogP contribution in [0.25, 0.3) is 0 Å². The molecular formula is C54H103O5P. The maximum Gasteiger partial charge on any atom is 0.397 e. The van der Waals surface area contributed by atoms with Gasteiger partial charge in [0.2, 0.25) is 0 Å². The Labute approximate surface area is 376 Å². The molecule has 1 rings (SSSR count). The van der Waals surface area contributed by atoms with Gasteiger partial charge in [-0.3, -0.25) is 0 Å². The van der Waals surface area contributed by atoms with Crippen molar-refractivity contribution in [3.05, 3.63) is 30.3 Å². The SMILES string of the molecule is CCCCCCCCCCCCOC(CCCCCC)CCCCCOP(OCCCCCC(CCCCCC)OCCCCCCCCCCCC)Oc1ccccc1. The predicted octanol–water partition coefficient (Wildman–Crippen LogP) is 19.0. The molecule has 6 heteroatoms. The molecule has 0 fully saturated rings. The predicted molar refractivity (Wildman–Crippen MR) is 264 cm³/mol. The average Bonchev–Trinajstić information content (AvgIpc) is 3.26. The van der Waals surface area contributed by atoms with Gasteiger partial charge in [-0.1, -0.05) is 239 Å². The second-order valence-electron chi connectivity index (χ2n) is 18.0. The molecule has 0 aliphatic carbocycles. The van der Waals surface area contributed by atoms with Gasteiger partial charge in [0.05, 0.1) is 25.4 Å². The van der Waals surface area contributed by atoms with E-state index >= 15 is 0 Å². The maximum absolute atomic E-state index is 6.49. The first-order valence-electron chi connectivity index (χ1n) is 26.8.